The Kier molecular flexibility index (Phi) is 4.33. The smallest absolute Gasteiger partial charge is 0.308 e. The van der Waals surface area contributed by atoms with E-state index in [-0.39, 0.29) is 11.5 Å². The van der Waals surface area contributed by atoms with E-state index in [0.717, 1.165) is 5.56 Å². The third kappa shape index (κ3) is 3.11. The Labute approximate surface area is 129 Å². The third-order valence-electron chi connectivity index (χ3n) is 3.94. The van der Waals surface area contributed by atoms with Crippen LogP contribution < -0.4 is 0 Å². The zero-order valence-electron chi connectivity index (χ0n) is 11.9. The molecule has 1 aromatic carbocycles. The summed E-state index contributed by atoms with van der Waals surface area (Å²) >= 11 is 12.3. The quantitative estimate of drug-likeness (QED) is 0.900. The van der Waals surface area contributed by atoms with Gasteiger partial charge in [0.25, 0.3) is 0 Å². The van der Waals surface area contributed by atoms with Gasteiger partial charge in [-0.25, -0.2) is 0 Å². The largest absolute Gasteiger partial charge is 0.481 e. The second-order valence-electron chi connectivity index (χ2n) is 6.29. The molecule has 5 heteroatoms. The number of carboxylic acids is 1. The van der Waals surface area contributed by atoms with Crippen LogP contribution in [0.1, 0.15) is 32.3 Å². The predicted octanol–water partition coefficient (Wildman–Crippen LogP) is 3.89. The van der Waals surface area contributed by atoms with E-state index in [0.29, 0.717) is 23.1 Å². The standard InChI is InChI=1S/C15H19Cl2NO2/c1-15(2,3)18-7-11(12(8-18)14(19)20)10-6-9(16)4-5-13(10)17/h4-6,11-12H,7-8H2,1-3H3,(H,19,20)/t11-,12+/m1/s1. The van der Waals surface area contributed by atoms with Gasteiger partial charge >= 0.3 is 5.97 Å². The molecule has 0 radical (unpaired) electrons. The van der Waals surface area contributed by atoms with Crippen molar-refractivity contribution in [3.63, 3.8) is 0 Å². The Morgan fingerprint density at radius 1 is 1.30 bits per heavy atom. The fourth-order valence-corrected chi connectivity index (χ4v) is 3.15. The summed E-state index contributed by atoms with van der Waals surface area (Å²) in [5, 5.41) is 10.7. The molecule has 0 aromatic heterocycles. The highest BCUT2D eigenvalue weighted by Crippen LogP contribution is 2.39. The van der Waals surface area contributed by atoms with Crippen LogP contribution in [0.25, 0.3) is 0 Å². The second kappa shape index (κ2) is 5.55. The van der Waals surface area contributed by atoms with Gasteiger partial charge in [-0.15, -0.1) is 0 Å². The molecule has 110 valence electrons. The molecule has 0 unspecified atom stereocenters. The Balaban J connectivity index is 2.38. The minimum Gasteiger partial charge on any atom is -0.481 e. The van der Waals surface area contributed by atoms with Crippen LogP contribution in [0.15, 0.2) is 18.2 Å². The molecule has 0 bridgehead atoms. The summed E-state index contributed by atoms with van der Waals surface area (Å²) in [5.41, 5.74) is 0.770. The van der Waals surface area contributed by atoms with Crippen molar-refractivity contribution in [3.8, 4) is 0 Å². The van der Waals surface area contributed by atoms with Crippen molar-refractivity contribution in [2.24, 2.45) is 5.92 Å². The molecule has 0 aliphatic carbocycles. The first-order chi connectivity index (χ1) is 9.20. The van der Waals surface area contributed by atoms with Gasteiger partial charge in [-0.1, -0.05) is 23.2 Å². The molecular weight excluding hydrogens is 297 g/mol. The highest BCUT2D eigenvalue weighted by Gasteiger charge is 2.42. The monoisotopic (exact) mass is 315 g/mol. The maximum absolute atomic E-state index is 11.6. The number of benzene rings is 1. The van der Waals surface area contributed by atoms with Gasteiger partial charge in [0.05, 0.1) is 5.92 Å². The van der Waals surface area contributed by atoms with E-state index in [9.17, 15) is 9.90 Å². The summed E-state index contributed by atoms with van der Waals surface area (Å²) in [6, 6.07) is 5.24. The summed E-state index contributed by atoms with van der Waals surface area (Å²) in [7, 11) is 0. The molecule has 0 saturated carbocycles. The van der Waals surface area contributed by atoms with Crippen molar-refractivity contribution in [2.75, 3.05) is 13.1 Å². The van der Waals surface area contributed by atoms with Gasteiger partial charge in [0.2, 0.25) is 0 Å². The minimum atomic E-state index is -0.780. The van der Waals surface area contributed by atoms with Crippen LogP contribution in [-0.4, -0.2) is 34.6 Å². The number of hydrogen-bond acceptors (Lipinski definition) is 2. The zero-order chi connectivity index (χ0) is 15.1. The summed E-state index contributed by atoms with van der Waals surface area (Å²) < 4.78 is 0. The zero-order valence-corrected chi connectivity index (χ0v) is 13.4. The van der Waals surface area contributed by atoms with Crippen molar-refractivity contribution < 1.29 is 9.90 Å². The highest BCUT2D eigenvalue weighted by molar-refractivity contribution is 6.33. The van der Waals surface area contributed by atoms with Gasteiger partial charge in [0, 0.05) is 34.6 Å². The summed E-state index contributed by atoms with van der Waals surface area (Å²) in [6.45, 7) is 7.49. The van der Waals surface area contributed by atoms with Gasteiger partial charge in [0.15, 0.2) is 0 Å². The van der Waals surface area contributed by atoms with E-state index in [1.54, 1.807) is 18.2 Å². The molecule has 1 aromatic rings. The van der Waals surface area contributed by atoms with Crippen molar-refractivity contribution in [3.05, 3.63) is 33.8 Å². The van der Waals surface area contributed by atoms with Crippen molar-refractivity contribution in [1.82, 2.24) is 4.90 Å². The molecule has 1 heterocycles. The first kappa shape index (κ1) is 15.6. The van der Waals surface area contributed by atoms with E-state index in [2.05, 4.69) is 25.7 Å². The van der Waals surface area contributed by atoms with Crippen LogP contribution >= 0.6 is 23.2 Å². The van der Waals surface area contributed by atoms with Crippen molar-refractivity contribution >= 4 is 29.2 Å². The predicted molar refractivity (Wildman–Crippen MR) is 81.7 cm³/mol. The SMILES string of the molecule is CC(C)(C)N1C[C@H](C(=O)O)[C@@H](c2cc(Cl)ccc2Cl)C1. The number of hydrogen-bond donors (Lipinski definition) is 1. The Morgan fingerprint density at radius 2 is 1.95 bits per heavy atom. The lowest BCUT2D eigenvalue weighted by atomic mass is 9.89. The molecule has 1 saturated heterocycles. The number of nitrogens with zero attached hydrogens (tertiary/aromatic N) is 1. The minimum absolute atomic E-state index is 0.0620. The van der Waals surface area contributed by atoms with Gasteiger partial charge in [-0.2, -0.15) is 0 Å². The number of carbonyl (C=O) groups is 1. The average molecular weight is 316 g/mol. The van der Waals surface area contributed by atoms with Crippen LogP contribution in [0, 0.1) is 5.92 Å². The lowest BCUT2D eigenvalue weighted by Gasteiger charge is -2.31. The Morgan fingerprint density at radius 3 is 2.50 bits per heavy atom. The van der Waals surface area contributed by atoms with Gasteiger partial charge in [0.1, 0.15) is 0 Å². The van der Waals surface area contributed by atoms with Gasteiger partial charge < -0.3 is 5.11 Å². The molecule has 1 N–H and O–H groups in total. The molecule has 2 atom stereocenters. The Hall–Kier alpha value is -0.770. The lowest BCUT2D eigenvalue weighted by molar-refractivity contribution is -0.141. The van der Waals surface area contributed by atoms with Crippen LogP contribution in [-0.2, 0) is 4.79 Å². The number of likely N-dealkylation sites (tertiary alicyclic amines) is 1. The first-order valence-corrected chi connectivity index (χ1v) is 7.38. The van der Waals surface area contributed by atoms with Crippen LogP contribution in [0.5, 0.6) is 0 Å². The number of halogens is 2. The van der Waals surface area contributed by atoms with E-state index < -0.39 is 11.9 Å². The maximum atomic E-state index is 11.6. The van der Waals surface area contributed by atoms with E-state index in [4.69, 9.17) is 23.2 Å². The van der Waals surface area contributed by atoms with E-state index in [1.165, 1.54) is 0 Å². The third-order valence-corrected chi connectivity index (χ3v) is 4.52. The Bertz CT molecular complexity index is 525. The van der Waals surface area contributed by atoms with Crippen LogP contribution in [0.4, 0.5) is 0 Å². The van der Waals surface area contributed by atoms with Gasteiger partial charge in [-0.3, -0.25) is 9.69 Å². The fraction of sp³-hybridized carbons (Fsp3) is 0.533. The summed E-state index contributed by atoms with van der Waals surface area (Å²) in [4.78, 5) is 13.7. The van der Waals surface area contributed by atoms with Gasteiger partial charge in [-0.05, 0) is 44.5 Å². The number of aliphatic carboxylic acids is 1. The van der Waals surface area contributed by atoms with Crippen LogP contribution in [0.3, 0.4) is 0 Å². The lowest BCUT2D eigenvalue weighted by Crippen LogP contribution is -2.40. The summed E-state index contributed by atoms with van der Waals surface area (Å²) in [6.07, 6.45) is 0. The van der Waals surface area contributed by atoms with E-state index in [1.807, 2.05) is 0 Å². The molecule has 1 aliphatic rings. The second-order valence-corrected chi connectivity index (χ2v) is 7.14. The maximum Gasteiger partial charge on any atom is 0.308 e. The molecule has 20 heavy (non-hydrogen) atoms. The molecular formula is C15H19Cl2NO2. The first-order valence-electron chi connectivity index (χ1n) is 6.63. The van der Waals surface area contributed by atoms with Crippen molar-refractivity contribution in [2.45, 2.75) is 32.2 Å². The van der Waals surface area contributed by atoms with Crippen LogP contribution in [0.2, 0.25) is 10.0 Å². The summed E-state index contributed by atoms with van der Waals surface area (Å²) in [5.74, 6) is -1.36. The molecule has 1 fully saturated rings. The molecule has 0 amide bonds. The molecule has 0 spiro atoms. The number of rotatable bonds is 2. The molecule has 1 aliphatic heterocycles. The van der Waals surface area contributed by atoms with E-state index >= 15 is 0 Å². The van der Waals surface area contributed by atoms with Crippen molar-refractivity contribution in [1.29, 1.82) is 0 Å². The number of carboxylic acid groups (broad SMARTS) is 1. The molecule has 2 rings (SSSR count). The molecule has 3 nitrogen and oxygen atoms in total. The fourth-order valence-electron chi connectivity index (χ4n) is 2.72. The topological polar surface area (TPSA) is 40.5 Å². The normalized spacial score (nSPS) is 24.1. The highest BCUT2D eigenvalue weighted by atomic mass is 35.5. The average Bonchev–Trinajstić information content (AvgIpc) is 2.77.